The Balaban J connectivity index is 1.56. The molecule has 5 heteroatoms. The average Bonchev–Trinajstić information content (AvgIpc) is 3.24. The van der Waals surface area contributed by atoms with Crippen LogP contribution in [0, 0.1) is 0 Å². The molecule has 0 spiro atoms. The minimum absolute atomic E-state index is 0.155. The van der Waals surface area contributed by atoms with E-state index in [0.29, 0.717) is 12.5 Å². The molecule has 0 atom stereocenters. The van der Waals surface area contributed by atoms with Crippen molar-refractivity contribution in [2.24, 2.45) is 0 Å². The SMILES string of the molecule is CC1(C)OB(c2ccc(CCC(=O)NC3CC3)cc2)OC1(C)C. The summed E-state index contributed by atoms with van der Waals surface area (Å²) in [6.07, 6.45) is 3.58. The Hall–Kier alpha value is -1.33. The van der Waals surface area contributed by atoms with Crippen LogP contribution in [0.15, 0.2) is 24.3 Å². The lowest BCUT2D eigenvalue weighted by molar-refractivity contribution is -0.121. The fourth-order valence-electron chi connectivity index (χ4n) is 2.61. The molecule has 0 radical (unpaired) electrons. The van der Waals surface area contributed by atoms with Crippen LogP contribution in [-0.2, 0) is 20.5 Å². The molecule has 1 aliphatic carbocycles. The lowest BCUT2D eigenvalue weighted by Gasteiger charge is -2.32. The fourth-order valence-corrected chi connectivity index (χ4v) is 2.61. The van der Waals surface area contributed by atoms with Gasteiger partial charge in [0.15, 0.2) is 0 Å². The second-order valence-corrected chi connectivity index (χ2v) is 7.67. The second-order valence-electron chi connectivity index (χ2n) is 7.67. The van der Waals surface area contributed by atoms with E-state index >= 15 is 0 Å². The van der Waals surface area contributed by atoms with Gasteiger partial charge in [-0.3, -0.25) is 4.79 Å². The number of aryl methyl sites for hydroxylation is 1. The lowest BCUT2D eigenvalue weighted by atomic mass is 9.78. The van der Waals surface area contributed by atoms with Gasteiger partial charge in [0, 0.05) is 12.5 Å². The van der Waals surface area contributed by atoms with Crippen molar-refractivity contribution in [1.82, 2.24) is 5.32 Å². The Bertz CT molecular complexity index is 562. The number of carbonyl (C=O) groups is 1. The van der Waals surface area contributed by atoms with E-state index in [9.17, 15) is 4.79 Å². The van der Waals surface area contributed by atoms with Crippen LogP contribution >= 0.6 is 0 Å². The molecule has 1 aromatic carbocycles. The van der Waals surface area contributed by atoms with Crippen LogP contribution in [0.3, 0.4) is 0 Å². The molecular weight excluding hydrogens is 289 g/mol. The van der Waals surface area contributed by atoms with Crippen LogP contribution < -0.4 is 10.8 Å². The normalized spacial score (nSPS) is 22.2. The standard InChI is InChI=1S/C18H26BNO3/c1-17(2)18(3,4)23-19(22-17)14-8-5-13(6-9-14)7-12-16(21)20-15-10-11-15/h5-6,8-9,15H,7,10-12H2,1-4H3,(H,20,21). The molecule has 1 amide bonds. The molecule has 23 heavy (non-hydrogen) atoms. The van der Waals surface area contributed by atoms with Gasteiger partial charge in [-0.1, -0.05) is 24.3 Å². The van der Waals surface area contributed by atoms with E-state index in [4.69, 9.17) is 9.31 Å². The summed E-state index contributed by atoms with van der Waals surface area (Å²) in [5.74, 6) is 0.155. The summed E-state index contributed by atoms with van der Waals surface area (Å²) in [5.41, 5.74) is 1.54. The summed E-state index contributed by atoms with van der Waals surface area (Å²) in [4.78, 5) is 11.7. The summed E-state index contributed by atoms with van der Waals surface area (Å²) in [7, 11) is -0.327. The Morgan fingerprint density at radius 2 is 1.70 bits per heavy atom. The van der Waals surface area contributed by atoms with Crippen molar-refractivity contribution in [1.29, 1.82) is 0 Å². The molecule has 2 aliphatic rings. The highest BCUT2D eigenvalue weighted by atomic mass is 16.7. The number of benzene rings is 1. The molecule has 4 nitrogen and oxygen atoms in total. The van der Waals surface area contributed by atoms with Gasteiger partial charge in [-0.2, -0.15) is 0 Å². The highest BCUT2D eigenvalue weighted by Crippen LogP contribution is 2.36. The Morgan fingerprint density at radius 3 is 2.22 bits per heavy atom. The topological polar surface area (TPSA) is 47.6 Å². The van der Waals surface area contributed by atoms with Crippen molar-refractivity contribution in [3.05, 3.63) is 29.8 Å². The maximum Gasteiger partial charge on any atom is 0.494 e. The van der Waals surface area contributed by atoms with E-state index in [1.165, 1.54) is 0 Å². The summed E-state index contributed by atoms with van der Waals surface area (Å²) >= 11 is 0. The van der Waals surface area contributed by atoms with Gasteiger partial charge in [0.2, 0.25) is 5.91 Å². The quantitative estimate of drug-likeness (QED) is 0.848. The largest absolute Gasteiger partial charge is 0.494 e. The zero-order chi connectivity index (χ0) is 16.7. The lowest BCUT2D eigenvalue weighted by Crippen LogP contribution is -2.41. The summed E-state index contributed by atoms with van der Waals surface area (Å²) < 4.78 is 12.1. The summed E-state index contributed by atoms with van der Waals surface area (Å²) in [6.45, 7) is 8.22. The predicted octanol–water partition coefficient (Wildman–Crippen LogP) is 2.20. The van der Waals surface area contributed by atoms with Crippen molar-refractivity contribution in [3.63, 3.8) is 0 Å². The fraction of sp³-hybridized carbons (Fsp3) is 0.611. The van der Waals surface area contributed by atoms with Crippen molar-refractivity contribution in [2.45, 2.75) is 70.6 Å². The molecule has 1 N–H and O–H groups in total. The molecule has 1 saturated heterocycles. The van der Waals surface area contributed by atoms with Gasteiger partial charge in [-0.25, -0.2) is 0 Å². The number of nitrogens with one attached hydrogen (secondary N) is 1. The first-order chi connectivity index (χ1) is 10.8. The molecule has 0 unspecified atom stereocenters. The smallest absolute Gasteiger partial charge is 0.399 e. The van der Waals surface area contributed by atoms with Crippen molar-refractivity contribution in [3.8, 4) is 0 Å². The second kappa shape index (κ2) is 5.95. The molecule has 0 bridgehead atoms. The van der Waals surface area contributed by atoms with Gasteiger partial charge in [-0.15, -0.1) is 0 Å². The van der Waals surface area contributed by atoms with E-state index in [1.54, 1.807) is 0 Å². The molecule has 0 aromatic heterocycles. The molecule has 1 aliphatic heterocycles. The molecule has 1 heterocycles. The van der Waals surface area contributed by atoms with Crippen LogP contribution in [-0.4, -0.2) is 30.3 Å². The van der Waals surface area contributed by atoms with Gasteiger partial charge in [-0.05, 0) is 58.0 Å². The van der Waals surface area contributed by atoms with Crippen molar-refractivity contribution in [2.75, 3.05) is 0 Å². The number of hydrogen-bond donors (Lipinski definition) is 1. The minimum atomic E-state index is -0.327. The monoisotopic (exact) mass is 315 g/mol. The van der Waals surface area contributed by atoms with Gasteiger partial charge in [0.05, 0.1) is 11.2 Å². The van der Waals surface area contributed by atoms with E-state index in [1.807, 2.05) is 12.1 Å². The number of rotatable bonds is 5. The van der Waals surface area contributed by atoms with Gasteiger partial charge in [0.25, 0.3) is 0 Å². The Kier molecular flexibility index (Phi) is 4.28. The first kappa shape index (κ1) is 16.5. The zero-order valence-corrected chi connectivity index (χ0v) is 14.5. The highest BCUT2D eigenvalue weighted by Gasteiger charge is 2.51. The molecule has 1 saturated carbocycles. The van der Waals surface area contributed by atoms with Crippen molar-refractivity contribution >= 4 is 18.5 Å². The van der Waals surface area contributed by atoms with Gasteiger partial charge < -0.3 is 14.6 Å². The molecule has 1 aromatic rings. The Morgan fingerprint density at radius 1 is 1.13 bits per heavy atom. The maximum atomic E-state index is 11.7. The predicted molar refractivity (Wildman–Crippen MR) is 91.6 cm³/mol. The Labute approximate surface area is 139 Å². The molecule has 124 valence electrons. The number of carbonyl (C=O) groups excluding carboxylic acids is 1. The molecule has 3 rings (SSSR count). The van der Waals surface area contributed by atoms with E-state index < -0.39 is 0 Å². The zero-order valence-electron chi connectivity index (χ0n) is 14.5. The van der Waals surface area contributed by atoms with Gasteiger partial charge >= 0.3 is 7.12 Å². The third kappa shape index (κ3) is 3.78. The van der Waals surface area contributed by atoms with E-state index in [0.717, 1.165) is 30.3 Å². The molecular formula is C18H26BNO3. The third-order valence-electron chi connectivity index (χ3n) is 5.09. The highest BCUT2D eigenvalue weighted by molar-refractivity contribution is 6.62. The van der Waals surface area contributed by atoms with Crippen LogP contribution in [0.1, 0.15) is 52.5 Å². The van der Waals surface area contributed by atoms with Crippen LogP contribution in [0.4, 0.5) is 0 Å². The van der Waals surface area contributed by atoms with E-state index in [2.05, 4.69) is 45.1 Å². The van der Waals surface area contributed by atoms with E-state index in [-0.39, 0.29) is 24.2 Å². The number of hydrogen-bond acceptors (Lipinski definition) is 3. The molecule has 2 fully saturated rings. The van der Waals surface area contributed by atoms with Crippen LogP contribution in [0.2, 0.25) is 0 Å². The van der Waals surface area contributed by atoms with Crippen molar-refractivity contribution < 1.29 is 14.1 Å². The van der Waals surface area contributed by atoms with Crippen LogP contribution in [0.5, 0.6) is 0 Å². The minimum Gasteiger partial charge on any atom is -0.399 e. The number of amides is 1. The summed E-state index contributed by atoms with van der Waals surface area (Å²) in [5, 5.41) is 3.02. The first-order valence-electron chi connectivity index (χ1n) is 8.51. The summed E-state index contributed by atoms with van der Waals surface area (Å²) in [6, 6.07) is 8.63. The average molecular weight is 315 g/mol. The maximum absolute atomic E-state index is 11.7. The van der Waals surface area contributed by atoms with Crippen LogP contribution in [0.25, 0.3) is 0 Å². The first-order valence-corrected chi connectivity index (χ1v) is 8.51. The van der Waals surface area contributed by atoms with Gasteiger partial charge in [0.1, 0.15) is 0 Å². The third-order valence-corrected chi connectivity index (χ3v) is 5.09.